The van der Waals surface area contributed by atoms with E-state index in [9.17, 15) is 19.8 Å². The highest BCUT2D eigenvalue weighted by Crippen LogP contribution is 2.41. The number of carbonyl (C=O) groups is 2. The fraction of sp³-hybridized carbons (Fsp3) is 0.333. The first kappa shape index (κ1) is 23.3. The number of ether oxygens (including phenoxy) is 2. The number of morpholine rings is 1. The zero-order valence-corrected chi connectivity index (χ0v) is 19.7. The number of aliphatic hydroxyl groups is 1. The summed E-state index contributed by atoms with van der Waals surface area (Å²) < 4.78 is 11.3. The number of phenolic OH excluding ortho intramolecular Hbond substituents is 1. The largest absolute Gasteiger partial charge is 0.507 e. The van der Waals surface area contributed by atoms with Crippen LogP contribution < -0.4 is 4.74 Å². The summed E-state index contributed by atoms with van der Waals surface area (Å²) in [6, 6.07) is 10.9. The predicted octanol–water partition coefficient (Wildman–Crippen LogP) is 2.92. The molecule has 0 aromatic heterocycles. The van der Waals surface area contributed by atoms with Crippen molar-refractivity contribution < 1.29 is 29.3 Å². The Balaban J connectivity index is 1.75. The molecule has 2 aliphatic rings. The van der Waals surface area contributed by atoms with Crippen LogP contribution in [0.3, 0.4) is 0 Å². The van der Waals surface area contributed by atoms with Crippen molar-refractivity contribution >= 4 is 33.4 Å². The van der Waals surface area contributed by atoms with E-state index >= 15 is 0 Å². The number of likely N-dealkylation sites (tertiary alicyclic amines) is 1. The summed E-state index contributed by atoms with van der Waals surface area (Å²) in [5.74, 6) is -1.72. The molecule has 2 N–H and O–H groups in total. The molecule has 1 amide bonds. The number of carbonyl (C=O) groups excluding carboxylic acids is 2. The molecule has 0 aliphatic carbocycles. The molecule has 8 nitrogen and oxygen atoms in total. The minimum atomic E-state index is -0.780. The second-order valence-electron chi connectivity index (χ2n) is 7.88. The molecule has 2 aliphatic heterocycles. The van der Waals surface area contributed by atoms with E-state index < -0.39 is 23.5 Å². The molecule has 0 radical (unpaired) electrons. The van der Waals surface area contributed by atoms with Gasteiger partial charge in [0.25, 0.3) is 11.7 Å². The Morgan fingerprint density at radius 2 is 1.82 bits per heavy atom. The number of nitrogens with zero attached hydrogens (tertiary/aromatic N) is 2. The van der Waals surface area contributed by atoms with Crippen LogP contribution in [0.15, 0.2) is 52.5 Å². The van der Waals surface area contributed by atoms with E-state index in [1.165, 1.54) is 24.1 Å². The predicted molar refractivity (Wildman–Crippen MR) is 125 cm³/mol. The Morgan fingerprint density at radius 3 is 2.45 bits per heavy atom. The minimum Gasteiger partial charge on any atom is -0.507 e. The lowest BCUT2D eigenvalue weighted by molar-refractivity contribution is -0.140. The van der Waals surface area contributed by atoms with E-state index in [1.54, 1.807) is 6.07 Å². The average molecular weight is 517 g/mol. The summed E-state index contributed by atoms with van der Waals surface area (Å²) >= 11 is 3.41. The van der Waals surface area contributed by atoms with Gasteiger partial charge in [-0.15, -0.1) is 0 Å². The average Bonchev–Trinajstić information content (AvgIpc) is 3.08. The molecule has 2 saturated heterocycles. The highest BCUT2D eigenvalue weighted by atomic mass is 79.9. The Bertz CT molecular complexity index is 1080. The van der Waals surface area contributed by atoms with Gasteiger partial charge in [-0.3, -0.25) is 14.5 Å². The number of phenols is 1. The lowest BCUT2D eigenvalue weighted by Gasteiger charge is -2.31. The van der Waals surface area contributed by atoms with Crippen LogP contribution >= 0.6 is 15.9 Å². The van der Waals surface area contributed by atoms with Gasteiger partial charge in [0.05, 0.1) is 37.5 Å². The van der Waals surface area contributed by atoms with Crippen molar-refractivity contribution in [2.45, 2.75) is 6.04 Å². The molecule has 0 unspecified atom stereocenters. The number of aliphatic hydroxyl groups excluding tert-OH is 1. The fourth-order valence-electron chi connectivity index (χ4n) is 4.16. The molecular formula is C24H25BrN2O6. The molecule has 33 heavy (non-hydrogen) atoms. The van der Waals surface area contributed by atoms with Gasteiger partial charge in [0.15, 0.2) is 0 Å². The SMILES string of the molecule is COc1ccc(C(O)=C2C(=O)C(=O)N(CCN3CCOCC3)[C@H]2c2ccc(Br)cc2)c(O)c1. The summed E-state index contributed by atoms with van der Waals surface area (Å²) in [7, 11) is 1.46. The summed E-state index contributed by atoms with van der Waals surface area (Å²) in [5, 5.41) is 21.5. The maximum absolute atomic E-state index is 13.1. The van der Waals surface area contributed by atoms with Crippen LogP contribution in [-0.2, 0) is 14.3 Å². The molecule has 0 saturated carbocycles. The monoisotopic (exact) mass is 516 g/mol. The van der Waals surface area contributed by atoms with Crippen LogP contribution in [-0.4, -0.2) is 78.2 Å². The van der Waals surface area contributed by atoms with E-state index in [2.05, 4.69) is 20.8 Å². The Hall–Kier alpha value is -2.88. The lowest BCUT2D eigenvalue weighted by Crippen LogP contribution is -2.42. The van der Waals surface area contributed by atoms with Crippen molar-refractivity contribution in [2.24, 2.45) is 0 Å². The van der Waals surface area contributed by atoms with E-state index in [1.807, 2.05) is 24.3 Å². The van der Waals surface area contributed by atoms with Gasteiger partial charge in [0.2, 0.25) is 0 Å². The number of benzene rings is 2. The van der Waals surface area contributed by atoms with Crippen LogP contribution in [0.2, 0.25) is 0 Å². The lowest BCUT2D eigenvalue weighted by atomic mass is 9.95. The van der Waals surface area contributed by atoms with E-state index in [4.69, 9.17) is 9.47 Å². The molecular weight excluding hydrogens is 492 g/mol. The maximum Gasteiger partial charge on any atom is 0.295 e. The Morgan fingerprint density at radius 1 is 1.12 bits per heavy atom. The Labute approximate surface area is 200 Å². The number of halogens is 1. The second kappa shape index (κ2) is 9.94. The second-order valence-corrected chi connectivity index (χ2v) is 8.80. The molecule has 4 rings (SSSR count). The standard InChI is InChI=1S/C24H25BrN2O6/c1-32-17-6-7-18(19(28)14-17)22(29)20-21(15-2-4-16(25)5-3-15)27(24(31)23(20)30)9-8-26-10-12-33-13-11-26/h2-7,14,21,28-29H,8-13H2,1H3/t21-/m0/s1. The van der Waals surface area contributed by atoms with Gasteiger partial charge in [0, 0.05) is 36.7 Å². The van der Waals surface area contributed by atoms with Crippen molar-refractivity contribution in [3.8, 4) is 11.5 Å². The number of aromatic hydroxyl groups is 1. The number of hydrogen-bond donors (Lipinski definition) is 2. The number of rotatable bonds is 6. The highest BCUT2D eigenvalue weighted by molar-refractivity contribution is 9.10. The maximum atomic E-state index is 13.1. The topological polar surface area (TPSA) is 99.5 Å². The van der Waals surface area contributed by atoms with Crippen LogP contribution in [0.5, 0.6) is 11.5 Å². The first-order chi connectivity index (χ1) is 15.9. The van der Waals surface area contributed by atoms with E-state index in [-0.39, 0.29) is 16.9 Å². The molecule has 2 aromatic rings. The quantitative estimate of drug-likeness (QED) is 0.346. The van der Waals surface area contributed by atoms with Gasteiger partial charge in [-0.1, -0.05) is 28.1 Å². The third-order valence-electron chi connectivity index (χ3n) is 5.95. The van der Waals surface area contributed by atoms with E-state index in [0.29, 0.717) is 37.6 Å². The molecule has 0 bridgehead atoms. The molecule has 2 fully saturated rings. The van der Waals surface area contributed by atoms with Crippen molar-refractivity contribution in [1.29, 1.82) is 0 Å². The number of Topliss-reactive ketones (excluding diaryl/α,β-unsaturated/α-hetero) is 1. The molecule has 2 aromatic carbocycles. The summed E-state index contributed by atoms with van der Waals surface area (Å²) in [6.07, 6.45) is 0. The van der Waals surface area contributed by atoms with Crippen LogP contribution in [0.4, 0.5) is 0 Å². The smallest absolute Gasteiger partial charge is 0.295 e. The van der Waals surface area contributed by atoms with Crippen molar-refractivity contribution in [2.75, 3.05) is 46.5 Å². The van der Waals surface area contributed by atoms with E-state index in [0.717, 1.165) is 17.6 Å². The molecule has 9 heteroatoms. The third-order valence-corrected chi connectivity index (χ3v) is 6.48. The van der Waals surface area contributed by atoms with Crippen LogP contribution in [0.1, 0.15) is 17.2 Å². The number of ketones is 1. The zero-order valence-electron chi connectivity index (χ0n) is 18.2. The van der Waals surface area contributed by atoms with Gasteiger partial charge in [0.1, 0.15) is 17.3 Å². The third kappa shape index (κ3) is 4.75. The summed E-state index contributed by atoms with van der Waals surface area (Å²) in [5.41, 5.74) is 0.697. The highest BCUT2D eigenvalue weighted by Gasteiger charge is 2.46. The number of hydrogen-bond acceptors (Lipinski definition) is 7. The van der Waals surface area contributed by atoms with Crippen LogP contribution in [0, 0.1) is 0 Å². The van der Waals surface area contributed by atoms with Gasteiger partial charge in [-0.2, -0.15) is 0 Å². The Kier molecular flexibility index (Phi) is 7.02. The number of methoxy groups -OCH3 is 1. The minimum absolute atomic E-state index is 0.0511. The van der Waals surface area contributed by atoms with Crippen molar-refractivity contribution in [3.63, 3.8) is 0 Å². The summed E-state index contributed by atoms with van der Waals surface area (Å²) in [6.45, 7) is 3.67. The van der Waals surface area contributed by atoms with Gasteiger partial charge in [-0.25, -0.2) is 0 Å². The molecule has 2 heterocycles. The number of amides is 1. The summed E-state index contributed by atoms with van der Waals surface area (Å²) in [4.78, 5) is 29.8. The normalized spacial score (nSPS) is 20.9. The van der Waals surface area contributed by atoms with Crippen molar-refractivity contribution in [3.05, 3.63) is 63.6 Å². The van der Waals surface area contributed by atoms with Gasteiger partial charge < -0.3 is 24.6 Å². The first-order valence-corrected chi connectivity index (χ1v) is 11.4. The zero-order chi connectivity index (χ0) is 23.5. The van der Waals surface area contributed by atoms with Gasteiger partial charge in [-0.05, 0) is 29.8 Å². The molecule has 174 valence electrons. The van der Waals surface area contributed by atoms with Gasteiger partial charge >= 0.3 is 0 Å². The van der Waals surface area contributed by atoms with Crippen molar-refractivity contribution in [1.82, 2.24) is 9.80 Å². The van der Waals surface area contributed by atoms with Crippen LogP contribution in [0.25, 0.3) is 5.76 Å². The molecule has 1 atom stereocenters. The molecule has 0 spiro atoms. The fourth-order valence-corrected chi connectivity index (χ4v) is 4.42. The first-order valence-electron chi connectivity index (χ1n) is 10.6.